The molecular formula is C9H9BrO. The lowest BCUT2D eigenvalue weighted by atomic mass is 10.1. The average Bonchev–Trinajstić information content (AvgIpc) is 2.04. The van der Waals surface area contributed by atoms with Crippen molar-refractivity contribution in [3.05, 3.63) is 40.9 Å². The summed E-state index contributed by atoms with van der Waals surface area (Å²) in [5.41, 5.74) is 1.70. The third-order valence-corrected chi connectivity index (χ3v) is 2.14. The van der Waals surface area contributed by atoms with Crippen molar-refractivity contribution in [3.63, 3.8) is 0 Å². The first-order chi connectivity index (χ1) is 5.25. The number of aliphatic hydroxyl groups excluding tert-OH is 1. The van der Waals surface area contributed by atoms with Gasteiger partial charge in [-0.2, -0.15) is 0 Å². The molecule has 58 valence electrons. The molecule has 0 bridgehead atoms. The zero-order chi connectivity index (χ0) is 8.27. The molecule has 0 spiro atoms. The van der Waals surface area contributed by atoms with Gasteiger partial charge in [-0.3, -0.25) is 0 Å². The third kappa shape index (κ3) is 1.91. The van der Waals surface area contributed by atoms with E-state index >= 15 is 0 Å². The highest BCUT2D eigenvalue weighted by atomic mass is 79.9. The molecule has 0 aliphatic carbocycles. The Morgan fingerprint density at radius 3 is 2.64 bits per heavy atom. The molecule has 0 heterocycles. The van der Waals surface area contributed by atoms with E-state index in [2.05, 4.69) is 22.5 Å². The fourth-order valence-corrected chi connectivity index (χ4v) is 1.40. The summed E-state index contributed by atoms with van der Waals surface area (Å²) in [6, 6.07) is 7.69. The van der Waals surface area contributed by atoms with E-state index in [-0.39, 0.29) is 6.61 Å². The maximum Gasteiger partial charge on any atom is 0.0682 e. The van der Waals surface area contributed by atoms with Crippen LogP contribution in [0.4, 0.5) is 0 Å². The monoisotopic (exact) mass is 212 g/mol. The normalized spacial score (nSPS) is 9.64. The Balaban J connectivity index is 3.03. The predicted molar refractivity (Wildman–Crippen MR) is 50.3 cm³/mol. The van der Waals surface area contributed by atoms with E-state index in [1.54, 1.807) is 0 Å². The number of aliphatic hydroxyl groups is 1. The van der Waals surface area contributed by atoms with E-state index in [0.29, 0.717) is 0 Å². The molecule has 1 rings (SSSR count). The lowest BCUT2D eigenvalue weighted by Crippen LogP contribution is -1.88. The second-order valence-corrected chi connectivity index (χ2v) is 3.10. The second kappa shape index (κ2) is 3.69. The largest absolute Gasteiger partial charge is 0.392 e. The van der Waals surface area contributed by atoms with Gasteiger partial charge in [-0.25, -0.2) is 0 Å². The van der Waals surface area contributed by atoms with Crippen LogP contribution in [0.5, 0.6) is 0 Å². The molecule has 0 aliphatic rings. The Hall–Kier alpha value is -0.600. The van der Waals surface area contributed by atoms with Gasteiger partial charge in [0, 0.05) is 4.47 Å². The highest BCUT2D eigenvalue weighted by Crippen LogP contribution is 2.21. The van der Waals surface area contributed by atoms with Crippen molar-refractivity contribution in [2.45, 2.75) is 0 Å². The number of hydrogen-bond acceptors (Lipinski definition) is 1. The number of rotatable bonds is 2. The van der Waals surface area contributed by atoms with Gasteiger partial charge in [-0.05, 0) is 17.2 Å². The molecule has 0 saturated heterocycles. The van der Waals surface area contributed by atoms with Crippen LogP contribution in [0, 0.1) is 0 Å². The van der Waals surface area contributed by atoms with Crippen LogP contribution in [0.2, 0.25) is 0 Å². The molecule has 0 aromatic heterocycles. The van der Waals surface area contributed by atoms with E-state index in [1.807, 2.05) is 24.3 Å². The second-order valence-electron chi connectivity index (χ2n) is 2.24. The van der Waals surface area contributed by atoms with Crippen molar-refractivity contribution in [2.24, 2.45) is 0 Å². The maximum atomic E-state index is 8.79. The standard InChI is InChI=1S/C9H9BrO/c1-7(6-11)8-4-2-3-5-9(8)10/h2-5,11H,1,6H2. The van der Waals surface area contributed by atoms with Gasteiger partial charge in [0.2, 0.25) is 0 Å². The van der Waals surface area contributed by atoms with Gasteiger partial charge in [-0.1, -0.05) is 40.7 Å². The van der Waals surface area contributed by atoms with Crippen LogP contribution in [0.3, 0.4) is 0 Å². The lowest BCUT2D eigenvalue weighted by Gasteiger charge is -2.03. The molecule has 0 atom stereocenters. The molecule has 1 nitrogen and oxygen atoms in total. The van der Waals surface area contributed by atoms with E-state index in [9.17, 15) is 0 Å². The molecule has 2 heteroatoms. The Labute approximate surface area is 74.5 Å². The first-order valence-electron chi connectivity index (χ1n) is 3.29. The summed E-state index contributed by atoms with van der Waals surface area (Å²) < 4.78 is 0.971. The van der Waals surface area contributed by atoms with Gasteiger partial charge < -0.3 is 5.11 Å². The summed E-state index contributed by atoms with van der Waals surface area (Å²) >= 11 is 3.37. The summed E-state index contributed by atoms with van der Waals surface area (Å²) in [6.07, 6.45) is 0. The van der Waals surface area contributed by atoms with Crippen molar-refractivity contribution >= 4 is 21.5 Å². The maximum absolute atomic E-state index is 8.79. The van der Waals surface area contributed by atoms with Crippen LogP contribution in [-0.2, 0) is 0 Å². The van der Waals surface area contributed by atoms with Gasteiger partial charge in [0.1, 0.15) is 0 Å². The van der Waals surface area contributed by atoms with E-state index in [4.69, 9.17) is 5.11 Å². The van der Waals surface area contributed by atoms with Crippen LogP contribution in [-0.4, -0.2) is 11.7 Å². The fraction of sp³-hybridized carbons (Fsp3) is 0.111. The topological polar surface area (TPSA) is 20.2 Å². The van der Waals surface area contributed by atoms with Crippen molar-refractivity contribution < 1.29 is 5.11 Å². The molecule has 0 aliphatic heterocycles. The van der Waals surface area contributed by atoms with Crippen molar-refractivity contribution in [1.29, 1.82) is 0 Å². The quantitative estimate of drug-likeness (QED) is 0.799. The van der Waals surface area contributed by atoms with Crippen molar-refractivity contribution in [1.82, 2.24) is 0 Å². The van der Waals surface area contributed by atoms with E-state index < -0.39 is 0 Å². The first kappa shape index (κ1) is 8.50. The Kier molecular flexibility index (Phi) is 2.85. The highest BCUT2D eigenvalue weighted by molar-refractivity contribution is 9.10. The van der Waals surface area contributed by atoms with Crippen LogP contribution < -0.4 is 0 Å². The summed E-state index contributed by atoms with van der Waals surface area (Å²) in [5, 5.41) is 8.79. The van der Waals surface area contributed by atoms with Crippen LogP contribution in [0.25, 0.3) is 5.57 Å². The van der Waals surface area contributed by atoms with Crippen LogP contribution in [0.1, 0.15) is 5.56 Å². The zero-order valence-electron chi connectivity index (χ0n) is 6.05. The number of halogens is 1. The van der Waals surface area contributed by atoms with Crippen LogP contribution >= 0.6 is 15.9 Å². The molecule has 1 aromatic carbocycles. The van der Waals surface area contributed by atoms with Gasteiger partial charge in [-0.15, -0.1) is 0 Å². The number of benzene rings is 1. The highest BCUT2D eigenvalue weighted by Gasteiger charge is 2.00. The first-order valence-corrected chi connectivity index (χ1v) is 4.08. The van der Waals surface area contributed by atoms with Crippen molar-refractivity contribution in [2.75, 3.05) is 6.61 Å². The molecule has 1 aromatic rings. The Bertz CT molecular complexity index is 268. The zero-order valence-corrected chi connectivity index (χ0v) is 7.63. The summed E-state index contributed by atoms with van der Waals surface area (Å²) in [4.78, 5) is 0. The molecule has 0 unspecified atom stereocenters. The minimum Gasteiger partial charge on any atom is -0.392 e. The summed E-state index contributed by atoms with van der Waals surface area (Å²) in [7, 11) is 0. The van der Waals surface area contributed by atoms with Gasteiger partial charge in [0.15, 0.2) is 0 Å². The summed E-state index contributed by atoms with van der Waals surface area (Å²) in [5.74, 6) is 0. The van der Waals surface area contributed by atoms with Crippen molar-refractivity contribution in [3.8, 4) is 0 Å². The van der Waals surface area contributed by atoms with E-state index in [0.717, 1.165) is 15.6 Å². The Morgan fingerprint density at radius 2 is 2.09 bits per heavy atom. The molecule has 0 radical (unpaired) electrons. The molecule has 0 amide bonds. The SMILES string of the molecule is C=C(CO)c1ccccc1Br. The molecule has 11 heavy (non-hydrogen) atoms. The Morgan fingerprint density at radius 1 is 1.45 bits per heavy atom. The minimum atomic E-state index is 0.00259. The molecule has 0 saturated carbocycles. The molecular weight excluding hydrogens is 204 g/mol. The molecule has 1 N–H and O–H groups in total. The summed E-state index contributed by atoms with van der Waals surface area (Å²) in [6.45, 7) is 3.73. The predicted octanol–water partition coefficient (Wildman–Crippen LogP) is 2.45. The third-order valence-electron chi connectivity index (χ3n) is 1.45. The van der Waals surface area contributed by atoms with Gasteiger partial charge in [0.25, 0.3) is 0 Å². The fourth-order valence-electron chi connectivity index (χ4n) is 0.833. The lowest BCUT2D eigenvalue weighted by molar-refractivity contribution is 0.350. The van der Waals surface area contributed by atoms with Gasteiger partial charge in [0.05, 0.1) is 6.61 Å². The smallest absolute Gasteiger partial charge is 0.0682 e. The minimum absolute atomic E-state index is 0.00259. The van der Waals surface area contributed by atoms with Gasteiger partial charge >= 0.3 is 0 Å². The van der Waals surface area contributed by atoms with E-state index in [1.165, 1.54) is 0 Å². The number of hydrogen-bond donors (Lipinski definition) is 1. The van der Waals surface area contributed by atoms with Crippen LogP contribution in [0.15, 0.2) is 35.3 Å². The average molecular weight is 213 g/mol. The molecule has 0 fully saturated rings.